The van der Waals surface area contributed by atoms with Gasteiger partial charge >= 0.3 is 5.97 Å². The molecule has 0 saturated heterocycles. The Labute approximate surface area is 148 Å². The van der Waals surface area contributed by atoms with Gasteiger partial charge in [-0.05, 0) is 32.9 Å². The molecule has 0 spiro atoms. The molecule has 0 unspecified atom stereocenters. The van der Waals surface area contributed by atoms with Crippen LogP contribution in [0.3, 0.4) is 0 Å². The summed E-state index contributed by atoms with van der Waals surface area (Å²) in [6.07, 6.45) is 5.43. The van der Waals surface area contributed by atoms with Crippen LogP contribution in [-0.2, 0) is 4.79 Å². The van der Waals surface area contributed by atoms with Crippen LogP contribution in [0.25, 0.3) is 16.2 Å². The second-order valence-corrected chi connectivity index (χ2v) is 7.55. The van der Waals surface area contributed by atoms with E-state index in [2.05, 4.69) is 15.3 Å². The number of carboxylic acids is 1. The van der Waals surface area contributed by atoms with Gasteiger partial charge in [0.25, 0.3) is 0 Å². The van der Waals surface area contributed by atoms with Crippen LogP contribution < -0.4 is 5.32 Å². The number of rotatable bonds is 6. The molecule has 2 N–H and O–H groups in total. The molecule has 0 amide bonds. The van der Waals surface area contributed by atoms with E-state index in [-0.39, 0.29) is 10.7 Å². The summed E-state index contributed by atoms with van der Waals surface area (Å²) in [5.41, 5.74) is 0.804. The first-order chi connectivity index (χ1) is 11.8. The van der Waals surface area contributed by atoms with Crippen molar-refractivity contribution in [2.24, 2.45) is 0 Å². The zero-order valence-electron chi connectivity index (χ0n) is 14.1. The van der Waals surface area contributed by atoms with Crippen molar-refractivity contribution in [2.45, 2.75) is 32.7 Å². The number of Topliss-reactive ketones (excluding diaryl/α,β-unsaturated/α-hetero) is 1. The van der Waals surface area contributed by atoms with E-state index < -0.39 is 11.5 Å². The predicted octanol–water partition coefficient (Wildman–Crippen LogP) is 3.33. The quantitative estimate of drug-likeness (QED) is 0.701. The summed E-state index contributed by atoms with van der Waals surface area (Å²) < 4.78 is 1.85. The summed E-state index contributed by atoms with van der Waals surface area (Å²) in [4.78, 5) is 32.4. The predicted molar refractivity (Wildman–Crippen MR) is 96.3 cm³/mol. The number of aromatic carboxylic acids is 1. The van der Waals surface area contributed by atoms with Crippen molar-refractivity contribution in [1.82, 2.24) is 14.4 Å². The number of nitrogens with one attached hydrogen (secondary N) is 1. The van der Waals surface area contributed by atoms with Gasteiger partial charge in [-0.25, -0.2) is 9.78 Å². The van der Waals surface area contributed by atoms with Gasteiger partial charge in [0.05, 0.1) is 11.1 Å². The molecule has 3 aromatic rings. The Bertz CT molecular complexity index is 958. The van der Waals surface area contributed by atoms with Crippen molar-refractivity contribution in [3.05, 3.63) is 35.6 Å². The Morgan fingerprint density at radius 2 is 2.12 bits per heavy atom. The number of hydrogen-bond acceptors (Lipinski definition) is 6. The molecular formula is C17H18N4O3S. The van der Waals surface area contributed by atoms with Gasteiger partial charge in [0.1, 0.15) is 22.2 Å². The van der Waals surface area contributed by atoms with E-state index in [1.54, 1.807) is 37.6 Å². The van der Waals surface area contributed by atoms with Gasteiger partial charge in [-0.3, -0.25) is 14.2 Å². The van der Waals surface area contributed by atoms with Crippen LogP contribution >= 0.6 is 11.3 Å². The van der Waals surface area contributed by atoms with Crippen LogP contribution in [0.1, 0.15) is 36.9 Å². The van der Waals surface area contributed by atoms with E-state index in [1.807, 2.05) is 18.2 Å². The van der Waals surface area contributed by atoms with Crippen LogP contribution in [0.15, 0.2) is 30.7 Å². The number of ketones is 1. The minimum absolute atomic E-state index is 0.0822. The van der Waals surface area contributed by atoms with Crippen molar-refractivity contribution in [1.29, 1.82) is 0 Å². The highest BCUT2D eigenvalue weighted by Crippen LogP contribution is 2.35. The summed E-state index contributed by atoms with van der Waals surface area (Å²) >= 11 is 1.16. The molecule has 3 rings (SSSR count). The Kier molecular flexibility index (Phi) is 4.30. The van der Waals surface area contributed by atoms with E-state index in [0.717, 1.165) is 16.2 Å². The molecule has 7 nitrogen and oxygen atoms in total. The van der Waals surface area contributed by atoms with Crippen LogP contribution in [0.2, 0.25) is 0 Å². The minimum atomic E-state index is -0.965. The number of thiophene rings is 1. The zero-order valence-corrected chi connectivity index (χ0v) is 14.9. The second-order valence-electron chi connectivity index (χ2n) is 6.47. The molecule has 130 valence electrons. The lowest BCUT2D eigenvalue weighted by Gasteiger charge is -2.26. The van der Waals surface area contributed by atoms with E-state index >= 15 is 0 Å². The monoisotopic (exact) mass is 358 g/mol. The van der Waals surface area contributed by atoms with Gasteiger partial charge in [-0.15, -0.1) is 11.3 Å². The van der Waals surface area contributed by atoms with Crippen LogP contribution in [-0.4, -0.2) is 36.8 Å². The maximum absolute atomic E-state index is 11.5. The summed E-state index contributed by atoms with van der Waals surface area (Å²) in [6.45, 7) is 5.44. The average molecular weight is 358 g/mol. The van der Waals surface area contributed by atoms with Gasteiger partial charge in [-0.2, -0.15) is 0 Å². The topological polar surface area (TPSA) is 96.6 Å². The molecule has 0 fully saturated rings. The highest BCUT2D eigenvalue weighted by atomic mass is 32.1. The van der Waals surface area contributed by atoms with Crippen LogP contribution in [0, 0.1) is 0 Å². The molecule has 25 heavy (non-hydrogen) atoms. The first-order valence-corrected chi connectivity index (χ1v) is 8.52. The lowest BCUT2D eigenvalue weighted by Crippen LogP contribution is -2.33. The fourth-order valence-corrected chi connectivity index (χ4v) is 3.60. The third-order valence-corrected chi connectivity index (χ3v) is 4.71. The number of aromatic nitrogens is 3. The summed E-state index contributed by atoms with van der Waals surface area (Å²) in [5, 5.41) is 12.6. The molecule has 0 atom stereocenters. The molecule has 3 aromatic heterocycles. The number of carbonyl (C=O) groups excluding carboxylic acids is 1. The molecule has 0 aliphatic heterocycles. The molecule has 0 aliphatic rings. The number of hydrogen-bond donors (Lipinski definition) is 2. The SMILES string of the molecule is CC(=O)CC(C)(C)Nc1c(-c2ccc(C(=O)O)s2)nc2cnccn12. The number of nitrogens with zero attached hydrogens (tertiary/aromatic N) is 3. The molecule has 3 heterocycles. The molecule has 0 radical (unpaired) electrons. The Balaban J connectivity index is 2.11. The van der Waals surface area contributed by atoms with Crippen molar-refractivity contribution in [3.8, 4) is 10.6 Å². The Morgan fingerprint density at radius 1 is 1.36 bits per heavy atom. The van der Waals surface area contributed by atoms with Crippen molar-refractivity contribution < 1.29 is 14.7 Å². The summed E-state index contributed by atoms with van der Waals surface area (Å²) in [7, 11) is 0. The van der Waals surface area contributed by atoms with Crippen molar-refractivity contribution >= 4 is 34.6 Å². The van der Waals surface area contributed by atoms with Gasteiger partial charge in [0.2, 0.25) is 0 Å². The fraction of sp³-hybridized carbons (Fsp3) is 0.294. The fourth-order valence-electron chi connectivity index (χ4n) is 2.77. The van der Waals surface area contributed by atoms with E-state index in [0.29, 0.717) is 23.6 Å². The van der Waals surface area contributed by atoms with Crippen LogP contribution in [0.5, 0.6) is 0 Å². The average Bonchev–Trinajstić information content (AvgIpc) is 3.11. The lowest BCUT2D eigenvalue weighted by molar-refractivity contribution is -0.117. The Morgan fingerprint density at radius 3 is 2.76 bits per heavy atom. The van der Waals surface area contributed by atoms with Gasteiger partial charge in [-0.1, -0.05) is 0 Å². The Hall–Kier alpha value is -2.74. The molecule has 0 aromatic carbocycles. The van der Waals surface area contributed by atoms with E-state index in [1.165, 1.54) is 0 Å². The number of imidazole rings is 1. The summed E-state index contributed by atoms with van der Waals surface area (Å²) in [6, 6.07) is 3.31. The molecular weight excluding hydrogens is 340 g/mol. The maximum atomic E-state index is 11.5. The number of fused-ring (bicyclic) bond motifs is 1. The van der Waals surface area contributed by atoms with E-state index in [4.69, 9.17) is 5.11 Å². The standard InChI is InChI=1S/C17H18N4O3S/c1-10(22)8-17(2,3)20-15-14(11-4-5-12(25-11)16(23)24)19-13-9-18-6-7-21(13)15/h4-7,9,20H,8H2,1-3H3,(H,23,24). The lowest BCUT2D eigenvalue weighted by atomic mass is 9.98. The third-order valence-electron chi connectivity index (χ3n) is 3.63. The minimum Gasteiger partial charge on any atom is -0.477 e. The molecule has 0 aliphatic carbocycles. The van der Waals surface area contributed by atoms with Gasteiger partial charge in [0, 0.05) is 24.4 Å². The second kappa shape index (κ2) is 6.29. The normalized spacial score (nSPS) is 11.6. The highest BCUT2D eigenvalue weighted by Gasteiger charge is 2.25. The maximum Gasteiger partial charge on any atom is 0.345 e. The number of carbonyl (C=O) groups is 2. The van der Waals surface area contributed by atoms with Gasteiger partial charge < -0.3 is 10.4 Å². The first-order valence-electron chi connectivity index (χ1n) is 7.70. The molecule has 0 saturated carbocycles. The number of anilines is 1. The van der Waals surface area contributed by atoms with Crippen molar-refractivity contribution in [2.75, 3.05) is 5.32 Å². The number of carboxylic acid groups (broad SMARTS) is 1. The highest BCUT2D eigenvalue weighted by molar-refractivity contribution is 7.17. The van der Waals surface area contributed by atoms with Crippen molar-refractivity contribution in [3.63, 3.8) is 0 Å². The van der Waals surface area contributed by atoms with Gasteiger partial charge in [0.15, 0.2) is 5.65 Å². The molecule has 0 bridgehead atoms. The largest absolute Gasteiger partial charge is 0.477 e. The van der Waals surface area contributed by atoms with E-state index in [9.17, 15) is 9.59 Å². The third kappa shape index (κ3) is 3.53. The smallest absolute Gasteiger partial charge is 0.345 e. The molecule has 8 heteroatoms. The van der Waals surface area contributed by atoms with Crippen LogP contribution in [0.4, 0.5) is 5.82 Å². The summed E-state index contributed by atoms with van der Waals surface area (Å²) in [5.74, 6) is -0.172. The first kappa shape index (κ1) is 17.1. The zero-order chi connectivity index (χ0) is 18.2.